The number of benzene rings is 1. The molecule has 0 fully saturated rings. The zero-order chi connectivity index (χ0) is 14.5. The summed E-state index contributed by atoms with van der Waals surface area (Å²) in [5.41, 5.74) is 6.82. The highest BCUT2D eigenvalue weighted by molar-refractivity contribution is 7.09. The first kappa shape index (κ1) is 15.1. The Hall–Kier alpha value is -1.30. The largest absolute Gasteiger partial charge is 0.493 e. The third-order valence-corrected chi connectivity index (χ3v) is 3.65. The Morgan fingerprint density at radius 1 is 1.45 bits per heavy atom. The molecule has 1 unspecified atom stereocenters. The van der Waals surface area contributed by atoms with Gasteiger partial charge in [0.05, 0.1) is 7.11 Å². The zero-order valence-electron chi connectivity index (χ0n) is 11.4. The minimum atomic E-state index is 0.0142. The van der Waals surface area contributed by atoms with Crippen LogP contribution in [0.2, 0.25) is 5.02 Å². The Morgan fingerprint density at radius 2 is 2.25 bits per heavy atom. The number of aromatic nitrogens is 1. The van der Waals surface area contributed by atoms with Crippen LogP contribution in [0.4, 0.5) is 0 Å². The standard InChI is InChI=1S/C14H17ClN2O2S/c1-9(16)5-10-6-11(15)7-12(18-2)14(10)19-8-13-17-3-4-20-13/h3-4,6-7,9H,5,8,16H2,1-2H3. The number of methoxy groups -OCH3 is 1. The maximum Gasteiger partial charge on any atom is 0.165 e. The van der Waals surface area contributed by atoms with Gasteiger partial charge < -0.3 is 15.2 Å². The average Bonchev–Trinajstić information content (AvgIpc) is 2.89. The van der Waals surface area contributed by atoms with Crippen molar-refractivity contribution in [1.29, 1.82) is 0 Å². The van der Waals surface area contributed by atoms with Gasteiger partial charge in [0.25, 0.3) is 0 Å². The highest BCUT2D eigenvalue weighted by Crippen LogP contribution is 2.36. The molecule has 0 spiro atoms. The molecule has 1 atom stereocenters. The van der Waals surface area contributed by atoms with Crippen LogP contribution in [0.3, 0.4) is 0 Å². The molecule has 20 heavy (non-hydrogen) atoms. The van der Waals surface area contributed by atoms with Gasteiger partial charge in [0.15, 0.2) is 11.5 Å². The molecule has 0 aliphatic rings. The molecule has 6 heteroatoms. The second-order valence-corrected chi connectivity index (χ2v) is 5.91. The molecule has 1 heterocycles. The zero-order valence-corrected chi connectivity index (χ0v) is 13.0. The predicted molar refractivity (Wildman–Crippen MR) is 81.8 cm³/mol. The van der Waals surface area contributed by atoms with Crippen molar-refractivity contribution in [2.45, 2.75) is 26.0 Å². The van der Waals surface area contributed by atoms with Gasteiger partial charge in [0.1, 0.15) is 11.6 Å². The first-order chi connectivity index (χ1) is 9.60. The van der Waals surface area contributed by atoms with Crippen molar-refractivity contribution in [2.75, 3.05) is 7.11 Å². The summed E-state index contributed by atoms with van der Waals surface area (Å²) in [6.07, 6.45) is 2.43. The highest BCUT2D eigenvalue weighted by Gasteiger charge is 2.14. The van der Waals surface area contributed by atoms with E-state index in [1.54, 1.807) is 30.7 Å². The summed E-state index contributed by atoms with van der Waals surface area (Å²) in [7, 11) is 1.59. The van der Waals surface area contributed by atoms with Crippen LogP contribution in [0.15, 0.2) is 23.7 Å². The Morgan fingerprint density at radius 3 is 2.85 bits per heavy atom. The van der Waals surface area contributed by atoms with Crippen LogP contribution in [0, 0.1) is 0 Å². The molecule has 0 aliphatic carbocycles. The third kappa shape index (κ3) is 3.85. The van der Waals surface area contributed by atoms with Crippen molar-refractivity contribution < 1.29 is 9.47 Å². The van der Waals surface area contributed by atoms with Crippen molar-refractivity contribution >= 4 is 22.9 Å². The molecule has 2 rings (SSSR count). The monoisotopic (exact) mass is 312 g/mol. The van der Waals surface area contributed by atoms with Gasteiger partial charge in [0.2, 0.25) is 0 Å². The van der Waals surface area contributed by atoms with Crippen molar-refractivity contribution in [3.05, 3.63) is 39.3 Å². The van der Waals surface area contributed by atoms with E-state index in [1.807, 2.05) is 18.4 Å². The van der Waals surface area contributed by atoms with Crippen LogP contribution in [0.25, 0.3) is 0 Å². The summed E-state index contributed by atoms with van der Waals surface area (Å²) in [6.45, 7) is 2.35. The van der Waals surface area contributed by atoms with Crippen molar-refractivity contribution in [1.82, 2.24) is 4.98 Å². The van der Waals surface area contributed by atoms with Gasteiger partial charge in [-0.1, -0.05) is 11.6 Å². The number of hydrogen-bond donors (Lipinski definition) is 1. The van der Waals surface area contributed by atoms with Crippen LogP contribution in [0.5, 0.6) is 11.5 Å². The van der Waals surface area contributed by atoms with E-state index in [9.17, 15) is 0 Å². The Labute approximate surface area is 127 Å². The molecule has 0 aliphatic heterocycles. The molecule has 1 aromatic heterocycles. The fourth-order valence-corrected chi connectivity index (χ4v) is 2.65. The predicted octanol–water partition coefficient (Wildman–Crippen LogP) is 3.27. The van der Waals surface area contributed by atoms with Gasteiger partial charge >= 0.3 is 0 Å². The molecule has 0 radical (unpaired) electrons. The maximum atomic E-state index is 6.10. The third-order valence-electron chi connectivity index (χ3n) is 2.68. The quantitative estimate of drug-likeness (QED) is 0.889. The molecule has 2 N–H and O–H groups in total. The number of rotatable bonds is 6. The molecule has 108 valence electrons. The van der Waals surface area contributed by atoms with Gasteiger partial charge in [-0.05, 0) is 19.4 Å². The topological polar surface area (TPSA) is 57.4 Å². The Balaban J connectivity index is 2.27. The van der Waals surface area contributed by atoms with Gasteiger partial charge in [-0.2, -0.15) is 0 Å². The maximum absolute atomic E-state index is 6.10. The smallest absolute Gasteiger partial charge is 0.165 e. The Bertz CT molecular complexity index is 559. The first-order valence-electron chi connectivity index (χ1n) is 6.23. The highest BCUT2D eigenvalue weighted by atomic mass is 35.5. The van der Waals surface area contributed by atoms with E-state index >= 15 is 0 Å². The minimum absolute atomic E-state index is 0.0142. The summed E-state index contributed by atoms with van der Waals surface area (Å²) in [6, 6.07) is 3.62. The molecule has 2 aromatic rings. The first-order valence-corrected chi connectivity index (χ1v) is 7.49. The number of halogens is 1. The average molecular weight is 313 g/mol. The van der Waals surface area contributed by atoms with E-state index in [-0.39, 0.29) is 6.04 Å². The lowest BCUT2D eigenvalue weighted by Gasteiger charge is -2.16. The molecule has 4 nitrogen and oxygen atoms in total. The second kappa shape index (κ2) is 6.92. The number of ether oxygens (including phenoxy) is 2. The van der Waals surface area contributed by atoms with Crippen LogP contribution < -0.4 is 15.2 Å². The molecular formula is C14H17ClN2O2S. The number of thiazole rings is 1. The van der Waals surface area contributed by atoms with Crippen LogP contribution in [-0.4, -0.2) is 18.1 Å². The van der Waals surface area contributed by atoms with Gasteiger partial charge in [0, 0.05) is 34.3 Å². The molecule has 1 aromatic carbocycles. The Kier molecular flexibility index (Phi) is 5.23. The normalized spacial score (nSPS) is 12.2. The summed E-state index contributed by atoms with van der Waals surface area (Å²) >= 11 is 7.65. The molecule has 0 saturated carbocycles. The molecule has 0 saturated heterocycles. The number of nitrogens with two attached hydrogens (primary N) is 1. The lowest BCUT2D eigenvalue weighted by Crippen LogP contribution is -2.18. The van der Waals surface area contributed by atoms with E-state index in [1.165, 1.54) is 0 Å². The SMILES string of the molecule is COc1cc(Cl)cc(CC(C)N)c1OCc1nccs1. The van der Waals surface area contributed by atoms with E-state index in [2.05, 4.69) is 4.98 Å². The van der Waals surface area contributed by atoms with Crippen LogP contribution in [-0.2, 0) is 13.0 Å². The number of hydrogen-bond acceptors (Lipinski definition) is 5. The van der Waals surface area contributed by atoms with E-state index < -0.39 is 0 Å². The number of nitrogens with zero attached hydrogens (tertiary/aromatic N) is 1. The summed E-state index contributed by atoms with van der Waals surface area (Å²) in [5.74, 6) is 1.30. The van der Waals surface area contributed by atoms with Crippen molar-refractivity contribution in [3.63, 3.8) is 0 Å². The van der Waals surface area contributed by atoms with Crippen LogP contribution in [0.1, 0.15) is 17.5 Å². The van der Waals surface area contributed by atoms with Gasteiger partial charge in [-0.3, -0.25) is 0 Å². The van der Waals surface area contributed by atoms with Crippen LogP contribution >= 0.6 is 22.9 Å². The minimum Gasteiger partial charge on any atom is -0.493 e. The fraction of sp³-hybridized carbons (Fsp3) is 0.357. The van der Waals surface area contributed by atoms with Crippen molar-refractivity contribution in [3.8, 4) is 11.5 Å². The van der Waals surface area contributed by atoms with E-state index in [4.69, 9.17) is 26.8 Å². The summed E-state index contributed by atoms with van der Waals surface area (Å²) in [4.78, 5) is 4.20. The summed E-state index contributed by atoms with van der Waals surface area (Å²) in [5, 5.41) is 3.44. The van der Waals surface area contributed by atoms with Crippen molar-refractivity contribution in [2.24, 2.45) is 5.73 Å². The fourth-order valence-electron chi connectivity index (χ4n) is 1.89. The molecule has 0 bridgehead atoms. The molecular weight excluding hydrogens is 296 g/mol. The molecule has 0 amide bonds. The van der Waals surface area contributed by atoms with Gasteiger partial charge in [-0.25, -0.2) is 4.98 Å². The van der Waals surface area contributed by atoms with E-state index in [0.29, 0.717) is 29.5 Å². The second-order valence-electron chi connectivity index (χ2n) is 4.49. The lowest BCUT2D eigenvalue weighted by atomic mass is 10.1. The van der Waals surface area contributed by atoms with Gasteiger partial charge in [-0.15, -0.1) is 11.3 Å². The summed E-state index contributed by atoms with van der Waals surface area (Å²) < 4.78 is 11.2. The van der Waals surface area contributed by atoms with E-state index in [0.717, 1.165) is 10.6 Å². The lowest BCUT2D eigenvalue weighted by molar-refractivity contribution is 0.280.